The van der Waals surface area contributed by atoms with Crippen molar-refractivity contribution < 1.29 is 18.7 Å². The molecule has 0 unspecified atom stereocenters. The molecular formula is C25H19BrFN3O4S. The van der Waals surface area contributed by atoms with Crippen molar-refractivity contribution in [3.63, 3.8) is 0 Å². The van der Waals surface area contributed by atoms with Gasteiger partial charge in [0.2, 0.25) is 0 Å². The third kappa shape index (κ3) is 3.68. The van der Waals surface area contributed by atoms with Gasteiger partial charge >= 0.3 is 5.97 Å². The van der Waals surface area contributed by atoms with Crippen molar-refractivity contribution in [2.45, 2.75) is 19.9 Å². The van der Waals surface area contributed by atoms with Gasteiger partial charge in [0.25, 0.3) is 11.5 Å². The number of aromatic nitrogens is 1. The predicted molar refractivity (Wildman–Crippen MR) is 133 cm³/mol. The molecular weight excluding hydrogens is 537 g/mol. The van der Waals surface area contributed by atoms with Gasteiger partial charge in [-0.25, -0.2) is 14.2 Å². The van der Waals surface area contributed by atoms with E-state index in [2.05, 4.69) is 20.9 Å². The second kappa shape index (κ2) is 8.69. The molecule has 35 heavy (non-hydrogen) atoms. The molecule has 1 atom stereocenters. The van der Waals surface area contributed by atoms with Crippen LogP contribution in [0.3, 0.4) is 0 Å². The molecule has 2 aliphatic heterocycles. The number of nitrogens with zero attached hydrogens (tertiary/aromatic N) is 3. The van der Waals surface area contributed by atoms with Gasteiger partial charge in [-0.15, -0.1) is 0 Å². The van der Waals surface area contributed by atoms with Crippen molar-refractivity contribution in [2.75, 3.05) is 18.6 Å². The van der Waals surface area contributed by atoms with Crippen molar-refractivity contribution in [2.24, 2.45) is 4.99 Å². The molecule has 3 heterocycles. The lowest BCUT2D eigenvalue weighted by Crippen LogP contribution is -2.40. The standard InChI is InChI=1S/C25H19BrFN3O4S/c1-4-34-24(33)18-12(2)28-25-30(20(18)13-5-8-15(27)9-6-13)23(32)21(35-25)19-16-11-14(26)7-10-17(16)29(3)22(19)31/h5-11,20H,4H2,1-3H3/b21-19-/t20-/m1/s1. The smallest absolute Gasteiger partial charge is 0.338 e. The summed E-state index contributed by atoms with van der Waals surface area (Å²) in [5.74, 6) is -1.35. The molecule has 0 fully saturated rings. The second-order valence-electron chi connectivity index (χ2n) is 8.08. The number of thiazole rings is 1. The van der Waals surface area contributed by atoms with E-state index in [0.717, 1.165) is 15.8 Å². The summed E-state index contributed by atoms with van der Waals surface area (Å²) in [5, 5.41) is 0. The quantitative estimate of drug-likeness (QED) is 0.465. The van der Waals surface area contributed by atoms with Crippen LogP contribution in [0, 0.1) is 5.82 Å². The number of fused-ring (bicyclic) bond motifs is 2. The zero-order chi connectivity index (χ0) is 25.0. The number of carbonyl (C=O) groups is 2. The van der Waals surface area contributed by atoms with E-state index < -0.39 is 23.4 Å². The molecule has 0 saturated carbocycles. The van der Waals surface area contributed by atoms with Crippen molar-refractivity contribution in [1.82, 2.24) is 4.57 Å². The lowest BCUT2D eigenvalue weighted by molar-refractivity contribution is -0.139. The van der Waals surface area contributed by atoms with Crippen LogP contribution in [0.5, 0.6) is 0 Å². The van der Waals surface area contributed by atoms with Crippen LogP contribution in [0.15, 0.2) is 68.0 Å². The predicted octanol–water partition coefficient (Wildman–Crippen LogP) is 3.05. The summed E-state index contributed by atoms with van der Waals surface area (Å²) in [4.78, 5) is 46.4. The lowest BCUT2D eigenvalue weighted by Gasteiger charge is -2.24. The highest BCUT2D eigenvalue weighted by Gasteiger charge is 2.36. The highest BCUT2D eigenvalue weighted by atomic mass is 79.9. The third-order valence-electron chi connectivity index (χ3n) is 6.01. The maximum Gasteiger partial charge on any atom is 0.338 e. The minimum absolute atomic E-state index is 0.146. The van der Waals surface area contributed by atoms with Crippen molar-refractivity contribution in [3.05, 3.63) is 94.8 Å². The summed E-state index contributed by atoms with van der Waals surface area (Å²) < 4.78 is 21.4. The molecule has 178 valence electrons. The molecule has 0 saturated heterocycles. The van der Waals surface area contributed by atoms with Crippen LogP contribution >= 0.6 is 27.3 Å². The Hall–Kier alpha value is -3.37. The normalized spacial score (nSPS) is 18.4. The first-order valence-electron chi connectivity index (χ1n) is 10.8. The Morgan fingerprint density at radius 1 is 1.20 bits per heavy atom. The Balaban J connectivity index is 1.84. The number of hydrogen-bond donors (Lipinski definition) is 0. The Bertz CT molecular complexity index is 1620. The van der Waals surface area contributed by atoms with E-state index in [1.54, 1.807) is 27.0 Å². The molecule has 1 aromatic heterocycles. The number of esters is 1. The van der Waals surface area contributed by atoms with Gasteiger partial charge in [-0.05, 0) is 49.7 Å². The summed E-state index contributed by atoms with van der Waals surface area (Å²) in [6.07, 6.45) is 0. The average molecular weight is 556 g/mol. The fraction of sp³-hybridized carbons (Fsp3) is 0.200. The zero-order valence-corrected chi connectivity index (χ0v) is 21.4. The Morgan fingerprint density at radius 3 is 2.60 bits per heavy atom. The maximum atomic E-state index is 13.9. The van der Waals surface area contributed by atoms with Crippen LogP contribution in [0.4, 0.5) is 10.1 Å². The molecule has 5 rings (SSSR count). The average Bonchev–Trinajstić information content (AvgIpc) is 3.26. The van der Waals surface area contributed by atoms with Crippen LogP contribution in [0.2, 0.25) is 0 Å². The van der Waals surface area contributed by atoms with Crippen LogP contribution in [-0.2, 0) is 14.3 Å². The van der Waals surface area contributed by atoms with E-state index in [4.69, 9.17) is 4.74 Å². The Labute approximate surface area is 211 Å². The third-order valence-corrected chi connectivity index (χ3v) is 7.56. The summed E-state index contributed by atoms with van der Waals surface area (Å²) in [5.41, 5.74) is 2.27. The number of carbonyl (C=O) groups excluding carboxylic acids is 2. The first kappa shape index (κ1) is 23.4. The van der Waals surface area contributed by atoms with Crippen LogP contribution < -0.4 is 19.8 Å². The van der Waals surface area contributed by atoms with Gasteiger partial charge in [-0.1, -0.05) is 39.4 Å². The number of anilines is 1. The van der Waals surface area contributed by atoms with Gasteiger partial charge < -0.3 is 9.64 Å². The number of allylic oxidation sites excluding steroid dienone is 1. The fourth-order valence-corrected chi connectivity index (χ4v) is 5.91. The highest BCUT2D eigenvalue weighted by molar-refractivity contribution is 9.10. The lowest BCUT2D eigenvalue weighted by atomic mass is 9.96. The van der Waals surface area contributed by atoms with Gasteiger partial charge in [0, 0.05) is 17.1 Å². The summed E-state index contributed by atoms with van der Waals surface area (Å²) in [7, 11) is 1.66. The Morgan fingerprint density at radius 2 is 1.91 bits per heavy atom. The summed E-state index contributed by atoms with van der Waals surface area (Å²) in [6.45, 7) is 3.51. The number of halogens is 2. The number of likely N-dealkylation sites (N-methyl/N-ethyl adjacent to an activating group) is 1. The van der Waals surface area contributed by atoms with E-state index in [0.29, 0.717) is 27.3 Å². The highest BCUT2D eigenvalue weighted by Crippen LogP contribution is 2.36. The minimum Gasteiger partial charge on any atom is -0.463 e. The van der Waals surface area contributed by atoms with Crippen molar-refractivity contribution in [1.29, 1.82) is 0 Å². The van der Waals surface area contributed by atoms with Crippen LogP contribution in [0.1, 0.15) is 31.0 Å². The van der Waals surface area contributed by atoms with E-state index in [9.17, 15) is 18.8 Å². The number of rotatable bonds is 3. The first-order valence-corrected chi connectivity index (χ1v) is 12.4. The Kier molecular flexibility index (Phi) is 5.80. The maximum absolute atomic E-state index is 13.9. The van der Waals surface area contributed by atoms with E-state index in [-0.39, 0.29) is 28.2 Å². The molecule has 0 aliphatic carbocycles. The molecule has 0 radical (unpaired) electrons. The monoisotopic (exact) mass is 555 g/mol. The van der Waals surface area contributed by atoms with Gasteiger partial charge in [-0.2, -0.15) is 0 Å². The zero-order valence-electron chi connectivity index (χ0n) is 19.0. The fourth-order valence-electron chi connectivity index (χ4n) is 4.42. The number of amides is 1. The van der Waals surface area contributed by atoms with Gasteiger partial charge in [-0.3, -0.25) is 14.2 Å². The van der Waals surface area contributed by atoms with Gasteiger partial charge in [0.1, 0.15) is 10.3 Å². The molecule has 2 aliphatic rings. The SMILES string of the molecule is CCOC(=O)C1=C(C)N=c2s/c(=C3\C(=O)N(C)c4ccc(Br)cc43)c(=O)n2[C@@H]1c1ccc(F)cc1. The van der Waals surface area contributed by atoms with Crippen molar-refractivity contribution in [3.8, 4) is 0 Å². The first-order chi connectivity index (χ1) is 16.7. The topological polar surface area (TPSA) is 81.0 Å². The summed E-state index contributed by atoms with van der Waals surface area (Å²) >= 11 is 4.53. The minimum atomic E-state index is -0.878. The van der Waals surface area contributed by atoms with E-state index in [1.807, 2.05) is 12.1 Å². The van der Waals surface area contributed by atoms with E-state index in [1.165, 1.54) is 33.7 Å². The van der Waals surface area contributed by atoms with E-state index >= 15 is 0 Å². The second-order valence-corrected chi connectivity index (χ2v) is 9.97. The molecule has 10 heteroatoms. The molecule has 0 N–H and O–H groups in total. The largest absolute Gasteiger partial charge is 0.463 e. The van der Waals surface area contributed by atoms with Gasteiger partial charge in [0.15, 0.2) is 4.80 Å². The van der Waals surface area contributed by atoms with Crippen LogP contribution in [0.25, 0.3) is 5.57 Å². The van der Waals surface area contributed by atoms with Gasteiger partial charge in [0.05, 0.1) is 35.2 Å². The molecule has 0 bridgehead atoms. The number of benzene rings is 2. The molecule has 3 aromatic rings. The molecule has 7 nitrogen and oxygen atoms in total. The van der Waals surface area contributed by atoms with Crippen LogP contribution in [-0.4, -0.2) is 30.1 Å². The molecule has 1 amide bonds. The molecule has 2 aromatic carbocycles. The number of hydrogen-bond acceptors (Lipinski definition) is 6. The molecule has 0 spiro atoms. The van der Waals surface area contributed by atoms with Crippen molar-refractivity contribution >= 4 is 50.4 Å². The number of ether oxygens (including phenoxy) is 1. The summed E-state index contributed by atoms with van der Waals surface area (Å²) in [6, 6.07) is 10.2.